The van der Waals surface area contributed by atoms with Gasteiger partial charge in [-0.15, -0.1) is 0 Å². The van der Waals surface area contributed by atoms with Crippen molar-refractivity contribution in [3.05, 3.63) is 47.5 Å². The smallest absolute Gasteiger partial charge is 0.387 e. The summed E-state index contributed by atoms with van der Waals surface area (Å²) in [6, 6.07) is 7.99. The molecule has 27 heavy (non-hydrogen) atoms. The molecule has 0 unspecified atom stereocenters. The minimum atomic E-state index is -3.01. The van der Waals surface area contributed by atoms with Gasteiger partial charge in [-0.3, -0.25) is 4.79 Å². The Balaban J connectivity index is 2.37. The van der Waals surface area contributed by atoms with Crippen LogP contribution < -0.4 is 19.5 Å². The summed E-state index contributed by atoms with van der Waals surface area (Å²) in [5.74, 6) is -0.982. The second-order valence-electron chi connectivity index (χ2n) is 5.10. The Morgan fingerprint density at radius 1 is 1.00 bits per heavy atom. The number of anilines is 1. The maximum atomic E-state index is 12.5. The van der Waals surface area contributed by atoms with Crippen LogP contribution in [0.5, 0.6) is 17.2 Å². The predicted octanol–water partition coefficient (Wildman–Crippen LogP) is 3.34. The fourth-order valence-corrected chi connectivity index (χ4v) is 2.27. The van der Waals surface area contributed by atoms with Gasteiger partial charge in [0, 0.05) is 17.7 Å². The normalized spacial score (nSPS) is 10.3. The number of hydrogen-bond acceptors (Lipinski definition) is 6. The topological polar surface area (TPSA) is 83.1 Å². The molecule has 0 saturated carbocycles. The molecule has 9 heteroatoms. The van der Waals surface area contributed by atoms with Gasteiger partial charge in [0.15, 0.2) is 11.5 Å². The Labute approximate surface area is 153 Å². The number of ether oxygens (including phenoxy) is 4. The lowest BCUT2D eigenvalue weighted by atomic mass is 10.1. The summed E-state index contributed by atoms with van der Waals surface area (Å²) in [4.78, 5) is 24.5. The summed E-state index contributed by atoms with van der Waals surface area (Å²) < 4.78 is 44.0. The van der Waals surface area contributed by atoms with E-state index in [1.165, 1.54) is 51.7 Å². The van der Waals surface area contributed by atoms with Gasteiger partial charge >= 0.3 is 12.6 Å². The molecule has 2 rings (SSSR count). The molecule has 0 saturated heterocycles. The second kappa shape index (κ2) is 8.84. The molecule has 2 aromatic rings. The van der Waals surface area contributed by atoms with Gasteiger partial charge in [-0.2, -0.15) is 8.78 Å². The van der Waals surface area contributed by atoms with Gasteiger partial charge in [0.2, 0.25) is 0 Å². The molecular weight excluding hydrogens is 364 g/mol. The first kappa shape index (κ1) is 20.0. The minimum absolute atomic E-state index is 0.0310. The van der Waals surface area contributed by atoms with E-state index in [2.05, 4.69) is 10.1 Å². The number of methoxy groups -OCH3 is 3. The average molecular weight is 381 g/mol. The van der Waals surface area contributed by atoms with Crippen molar-refractivity contribution < 1.29 is 37.3 Å². The number of nitrogens with one attached hydrogen (secondary N) is 1. The molecule has 0 aliphatic rings. The second-order valence-corrected chi connectivity index (χ2v) is 5.10. The maximum absolute atomic E-state index is 12.5. The molecule has 1 N–H and O–H groups in total. The predicted molar refractivity (Wildman–Crippen MR) is 91.9 cm³/mol. The first-order chi connectivity index (χ1) is 12.9. The summed E-state index contributed by atoms with van der Waals surface area (Å²) in [5, 5.41) is 2.53. The van der Waals surface area contributed by atoms with Crippen molar-refractivity contribution in [2.24, 2.45) is 0 Å². The number of rotatable bonds is 7. The largest absolute Gasteiger partial charge is 0.493 e. The van der Waals surface area contributed by atoms with E-state index in [0.29, 0.717) is 0 Å². The van der Waals surface area contributed by atoms with Crippen molar-refractivity contribution in [2.75, 3.05) is 26.6 Å². The van der Waals surface area contributed by atoms with Gasteiger partial charge in [0.25, 0.3) is 5.91 Å². The number of esters is 1. The SMILES string of the molecule is COC(=O)c1cc(OC)c(OC)cc1NC(=O)c1cccc(OC(F)F)c1. The highest BCUT2D eigenvalue weighted by atomic mass is 19.3. The van der Waals surface area contributed by atoms with Crippen LogP contribution in [-0.2, 0) is 4.74 Å². The van der Waals surface area contributed by atoms with E-state index in [-0.39, 0.29) is 34.1 Å². The quantitative estimate of drug-likeness (QED) is 0.741. The van der Waals surface area contributed by atoms with Crippen molar-refractivity contribution in [1.29, 1.82) is 0 Å². The summed E-state index contributed by atoms with van der Waals surface area (Å²) in [6.07, 6.45) is 0. The number of alkyl halides is 2. The average Bonchev–Trinajstić information content (AvgIpc) is 2.66. The summed E-state index contributed by atoms with van der Waals surface area (Å²) >= 11 is 0. The lowest BCUT2D eigenvalue weighted by Crippen LogP contribution is -2.16. The van der Waals surface area contributed by atoms with Crippen molar-refractivity contribution >= 4 is 17.6 Å². The molecule has 0 fully saturated rings. The van der Waals surface area contributed by atoms with E-state index in [1.807, 2.05) is 0 Å². The van der Waals surface area contributed by atoms with Crippen LogP contribution in [0.25, 0.3) is 0 Å². The van der Waals surface area contributed by atoms with Gasteiger partial charge in [0.1, 0.15) is 5.75 Å². The molecule has 0 atom stereocenters. The van der Waals surface area contributed by atoms with Gasteiger partial charge < -0.3 is 24.3 Å². The molecule has 7 nitrogen and oxygen atoms in total. The third-order valence-electron chi connectivity index (χ3n) is 3.50. The Morgan fingerprint density at radius 2 is 1.67 bits per heavy atom. The fraction of sp³-hybridized carbons (Fsp3) is 0.222. The Kier molecular flexibility index (Phi) is 6.53. The van der Waals surface area contributed by atoms with Crippen molar-refractivity contribution in [3.8, 4) is 17.2 Å². The molecule has 0 aromatic heterocycles. The standard InChI is InChI=1S/C18H17F2NO6/c1-24-14-8-12(17(23)26-3)13(9-15(14)25-2)21-16(22)10-5-4-6-11(7-10)27-18(19)20/h4-9,18H,1-3H3,(H,21,22). The Morgan fingerprint density at radius 3 is 2.26 bits per heavy atom. The monoisotopic (exact) mass is 381 g/mol. The number of benzene rings is 2. The summed E-state index contributed by atoms with van der Waals surface area (Å²) in [7, 11) is 3.98. The van der Waals surface area contributed by atoms with Gasteiger partial charge in [0.05, 0.1) is 32.6 Å². The lowest BCUT2D eigenvalue weighted by molar-refractivity contribution is -0.0498. The zero-order chi connectivity index (χ0) is 20.0. The van der Waals surface area contributed by atoms with Crippen LogP contribution in [0, 0.1) is 0 Å². The van der Waals surface area contributed by atoms with E-state index < -0.39 is 18.5 Å². The zero-order valence-corrected chi connectivity index (χ0v) is 14.7. The number of halogens is 2. The van der Waals surface area contributed by atoms with E-state index >= 15 is 0 Å². The Bertz CT molecular complexity index is 841. The molecule has 0 spiro atoms. The van der Waals surface area contributed by atoms with Gasteiger partial charge in [-0.1, -0.05) is 6.07 Å². The van der Waals surface area contributed by atoms with Crippen molar-refractivity contribution in [2.45, 2.75) is 6.61 Å². The third-order valence-corrected chi connectivity index (χ3v) is 3.50. The first-order valence-electron chi connectivity index (χ1n) is 7.60. The minimum Gasteiger partial charge on any atom is -0.493 e. The van der Waals surface area contributed by atoms with Crippen LogP contribution in [-0.4, -0.2) is 39.8 Å². The molecule has 0 radical (unpaired) electrons. The van der Waals surface area contributed by atoms with Gasteiger partial charge in [-0.25, -0.2) is 4.79 Å². The number of amides is 1. The zero-order valence-electron chi connectivity index (χ0n) is 14.7. The van der Waals surface area contributed by atoms with Crippen LogP contribution in [0.3, 0.4) is 0 Å². The van der Waals surface area contributed by atoms with Crippen LogP contribution in [0.1, 0.15) is 20.7 Å². The van der Waals surface area contributed by atoms with Crippen LogP contribution in [0.15, 0.2) is 36.4 Å². The highest BCUT2D eigenvalue weighted by Gasteiger charge is 2.20. The Hall–Kier alpha value is -3.36. The van der Waals surface area contributed by atoms with Crippen molar-refractivity contribution in [1.82, 2.24) is 0 Å². The molecule has 0 bridgehead atoms. The van der Waals surface area contributed by atoms with Crippen LogP contribution >= 0.6 is 0 Å². The van der Waals surface area contributed by atoms with E-state index in [0.717, 1.165) is 6.07 Å². The van der Waals surface area contributed by atoms with Crippen LogP contribution in [0.4, 0.5) is 14.5 Å². The van der Waals surface area contributed by atoms with Crippen molar-refractivity contribution in [3.63, 3.8) is 0 Å². The van der Waals surface area contributed by atoms with Crippen LogP contribution in [0.2, 0.25) is 0 Å². The summed E-state index contributed by atoms with van der Waals surface area (Å²) in [6.45, 7) is -3.01. The van der Waals surface area contributed by atoms with E-state index in [9.17, 15) is 18.4 Å². The molecule has 0 aliphatic carbocycles. The highest BCUT2D eigenvalue weighted by molar-refractivity contribution is 6.08. The maximum Gasteiger partial charge on any atom is 0.387 e. The molecule has 0 heterocycles. The molecule has 144 valence electrons. The van der Waals surface area contributed by atoms with E-state index in [4.69, 9.17) is 14.2 Å². The molecule has 1 amide bonds. The van der Waals surface area contributed by atoms with E-state index in [1.54, 1.807) is 0 Å². The molecule has 0 aliphatic heterocycles. The molecular formula is C18H17F2NO6. The first-order valence-corrected chi connectivity index (χ1v) is 7.60. The lowest BCUT2D eigenvalue weighted by Gasteiger charge is -2.15. The molecule has 2 aromatic carbocycles. The fourth-order valence-electron chi connectivity index (χ4n) is 2.27. The third kappa shape index (κ3) is 4.84. The highest BCUT2D eigenvalue weighted by Crippen LogP contribution is 2.34. The number of hydrogen-bond donors (Lipinski definition) is 1. The summed E-state index contributed by atoms with van der Waals surface area (Å²) in [5.41, 5.74) is 0.187. The van der Waals surface area contributed by atoms with Gasteiger partial charge in [-0.05, 0) is 18.2 Å². The number of carbonyl (C=O) groups excluding carboxylic acids is 2. The number of carbonyl (C=O) groups is 2.